The van der Waals surface area contributed by atoms with Crippen molar-refractivity contribution in [1.29, 1.82) is 0 Å². The van der Waals surface area contributed by atoms with Crippen molar-refractivity contribution in [3.05, 3.63) is 36.2 Å². The van der Waals surface area contributed by atoms with Gasteiger partial charge in [0.15, 0.2) is 0 Å². The lowest BCUT2D eigenvalue weighted by molar-refractivity contribution is 0.100. The van der Waals surface area contributed by atoms with Crippen LogP contribution in [0.1, 0.15) is 10.4 Å². The first kappa shape index (κ1) is 11.9. The molecule has 5 N–H and O–H groups in total. The highest BCUT2D eigenvalue weighted by molar-refractivity contribution is 5.94. The third kappa shape index (κ3) is 2.76. The average molecular weight is 246 g/mol. The van der Waals surface area contributed by atoms with E-state index >= 15 is 0 Å². The molecule has 0 bridgehead atoms. The highest BCUT2D eigenvalue weighted by Gasteiger charge is 2.04. The molecule has 7 nitrogen and oxygen atoms in total. The van der Waals surface area contributed by atoms with Gasteiger partial charge in [-0.3, -0.25) is 9.48 Å². The van der Waals surface area contributed by atoms with Gasteiger partial charge in [0.2, 0.25) is 5.91 Å². The lowest BCUT2D eigenvalue weighted by Gasteiger charge is -2.10. The van der Waals surface area contributed by atoms with Gasteiger partial charge < -0.3 is 16.8 Å². The van der Waals surface area contributed by atoms with Crippen LogP contribution in [0.2, 0.25) is 0 Å². The minimum absolute atomic E-state index is 0.424. The number of nitrogens with two attached hydrogens (primary N) is 2. The van der Waals surface area contributed by atoms with Crippen LogP contribution in [0.3, 0.4) is 0 Å². The largest absolute Gasteiger partial charge is 0.397 e. The van der Waals surface area contributed by atoms with Crippen LogP contribution in [0, 0.1) is 0 Å². The molecule has 2 rings (SSSR count). The Bertz CT molecular complexity index is 536. The van der Waals surface area contributed by atoms with Gasteiger partial charge in [0.1, 0.15) is 0 Å². The first-order valence-corrected chi connectivity index (χ1v) is 5.44. The molecular formula is C11H14N6O. The van der Waals surface area contributed by atoms with E-state index in [2.05, 4.69) is 15.6 Å². The molecular weight excluding hydrogens is 232 g/mol. The third-order valence-electron chi connectivity index (χ3n) is 2.47. The van der Waals surface area contributed by atoms with Crippen LogP contribution in [0.4, 0.5) is 11.4 Å². The first-order valence-electron chi connectivity index (χ1n) is 5.44. The summed E-state index contributed by atoms with van der Waals surface area (Å²) in [4.78, 5) is 11.1. The van der Waals surface area contributed by atoms with Crippen molar-refractivity contribution in [2.45, 2.75) is 6.54 Å². The predicted octanol–water partition coefficient (Wildman–Crippen LogP) is 0.0713. The molecule has 0 saturated carbocycles. The van der Waals surface area contributed by atoms with E-state index in [1.807, 2.05) is 0 Å². The average Bonchev–Trinajstić information content (AvgIpc) is 2.84. The van der Waals surface area contributed by atoms with Crippen LogP contribution < -0.4 is 16.8 Å². The lowest BCUT2D eigenvalue weighted by atomic mass is 10.1. The van der Waals surface area contributed by atoms with Crippen LogP contribution in [-0.4, -0.2) is 27.4 Å². The van der Waals surface area contributed by atoms with Crippen molar-refractivity contribution in [2.24, 2.45) is 5.73 Å². The highest BCUT2D eigenvalue weighted by Crippen LogP contribution is 2.19. The number of carbonyl (C=O) groups excluding carboxylic acids is 1. The summed E-state index contributed by atoms with van der Waals surface area (Å²) in [6.45, 7) is 1.27. The second-order valence-electron chi connectivity index (χ2n) is 3.76. The normalized spacial score (nSPS) is 10.2. The maximum absolute atomic E-state index is 11.1. The van der Waals surface area contributed by atoms with E-state index in [-0.39, 0.29) is 0 Å². The number of nitrogens with zero attached hydrogens (tertiary/aromatic N) is 3. The number of anilines is 2. The number of rotatable bonds is 5. The Kier molecular flexibility index (Phi) is 3.42. The van der Waals surface area contributed by atoms with E-state index in [9.17, 15) is 4.79 Å². The van der Waals surface area contributed by atoms with Crippen LogP contribution >= 0.6 is 0 Å². The quantitative estimate of drug-likeness (QED) is 0.646. The van der Waals surface area contributed by atoms with Gasteiger partial charge in [-0.05, 0) is 18.2 Å². The molecule has 0 unspecified atom stereocenters. The van der Waals surface area contributed by atoms with Crippen LogP contribution in [0.15, 0.2) is 30.6 Å². The molecule has 1 heterocycles. The molecule has 0 aliphatic rings. The van der Waals surface area contributed by atoms with Crippen LogP contribution in [-0.2, 0) is 6.54 Å². The van der Waals surface area contributed by atoms with Gasteiger partial charge in [-0.1, -0.05) is 5.21 Å². The molecule has 1 aromatic heterocycles. The number of hydrogen-bond acceptors (Lipinski definition) is 5. The monoisotopic (exact) mass is 246 g/mol. The zero-order valence-corrected chi connectivity index (χ0v) is 9.71. The third-order valence-corrected chi connectivity index (χ3v) is 2.47. The van der Waals surface area contributed by atoms with Crippen molar-refractivity contribution in [1.82, 2.24) is 15.0 Å². The summed E-state index contributed by atoms with van der Waals surface area (Å²) in [7, 11) is 0. The Hall–Kier alpha value is -2.57. The molecule has 0 fully saturated rings. The number of amides is 1. The van der Waals surface area contributed by atoms with E-state index < -0.39 is 5.91 Å². The van der Waals surface area contributed by atoms with E-state index in [1.54, 1.807) is 35.3 Å². The van der Waals surface area contributed by atoms with Gasteiger partial charge in [0, 0.05) is 18.3 Å². The molecule has 2 aromatic rings. The van der Waals surface area contributed by atoms with Gasteiger partial charge in [-0.25, -0.2) is 0 Å². The second-order valence-corrected chi connectivity index (χ2v) is 3.76. The molecule has 7 heteroatoms. The summed E-state index contributed by atoms with van der Waals surface area (Å²) < 4.78 is 1.70. The zero-order chi connectivity index (χ0) is 13.0. The fourth-order valence-electron chi connectivity index (χ4n) is 1.52. The number of aromatic nitrogens is 3. The maximum Gasteiger partial charge on any atom is 0.248 e. The number of nitrogen functional groups attached to an aromatic ring is 1. The summed E-state index contributed by atoms with van der Waals surface area (Å²) in [6, 6.07) is 4.89. The Morgan fingerprint density at radius 3 is 2.94 bits per heavy atom. The number of primary amides is 1. The van der Waals surface area contributed by atoms with Crippen molar-refractivity contribution in [3.8, 4) is 0 Å². The number of benzene rings is 1. The summed E-state index contributed by atoms with van der Waals surface area (Å²) >= 11 is 0. The van der Waals surface area contributed by atoms with Crippen molar-refractivity contribution in [2.75, 3.05) is 17.6 Å². The predicted molar refractivity (Wildman–Crippen MR) is 67.9 cm³/mol. The van der Waals surface area contributed by atoms with Crippen molar-refractivity contribution < 1.29 is 4.79 Å². The molecule has 0 saturated heterocycles. The minimum Gasteiger partial charge on any atom is -0.397 e. The summed E-state index contributed by atoms with van der Waals surface area (Å²) in [5, 5.41) is 10.7. The fourth-order valence-corrected chi connectivity index (χ4v) is 1.52. The molecule has 1 amide bonds. The van der Waals surface area contributed by atoms with E-state index in [0.717, 1.165) is 0 Å². The van der Waals surface area contributed by atoms with Crippen LogP contribution in [0.25, 0.3) is 0 Å². The SMILES string of the molecule is NC(=O)c1ccc(N)c(NCCn2ccnn2)c1. The second kappa shape index (κ2) is 5.17. The summed E-state index contributed by atoms with van der Waals surface area (Å²) in [6.07, 6.45) is 3.38. The smallest absolute Gasteiger partial charge is 0.248 e. The van der Waals surface area contributed by atoms with Gasteiger partial charge in [-0.2, -0.15) is 0 Å². The standard InChI is InChI=1S/C11H14N6O/c12-9-2-1-8(11(13)18)7-10(9)14-3-5-17-6-4-15-16-17/h1-2,4,6-7,14H,3,5,12H2,(H2,13,18). The zero-order valence-electron chi connectivity index (χ0n) is 9.71. The molecule has 0 aliphatic heterocycles. The van der Waals surface area contributed by atoms with E-state index in [4.69, 9.17) is 11.5 Å². The first-order chi connectivity index (χ1) is 8.66. The Balaban J connectivity index is 2.00. The molecule has 94 valence electrons. The molecule has 1 aromatic carbocycles. The Morgan fingerprint density at radius 2 is 2.28 bits per heavy atom. The van der Waals surface area contributed by atoms with Crippen molar-refractivity contribution in [3.63, 3.8) is 0 Å². The Labute approximate surface area is 104 Å². The van der Waals surface area contributed by atoms with E-state index in [0.29, 0.717) is 30.0 Å². The highest BCUT2D eigenvalue weighted by atomic mass is 16.1. The molecule has 0 atom stereocenters. The number of nitrogens with one attached hydrogen (secondary N) is 1. The topological polar surface area (TPSA) is 112 Å². The lowest BCUT2D eigenvalue weighted by Crippen LogP contribution is -2.14. The minimum atomic E-state index is -0.477. The van der Waals surface area contributed by atoms with Crippen LogP contribution in [0.5, 0.6) is 0 Å². The van der Waals surface area contributed by atoms with Gasteiger partial charge in [-0.15, -0.1) is 5.10 Å². The fraction of sp³-hybridized carbons (Fsp3) is 0.182. The molecule has 18 heavy (non-hydrogen) atoms. The van der Waals surface area contributed by atoms with Gasteiger partial charge in [0.25, 0.3) is 0 Å². The molecule has 0 radical (unpaired) electrons. The number of hydrogen-bond donors (Lipinski definition) is 3. The maximum atomic E-state index is 11.1. The Morgan fingerprint density at radius 1 is 1.44 bits per heavy atom. The summed E-state index contributed by atoms with van der Waals surface area (Å²) in [5.74, 6) is -0.477. The molecule has 0 spiro atoms. The van der Waals surface area contributed by atoms with Crippen molar-refractivity contribution >= 4 is 17.3 Å². The summed E-state index contributed by atoms with van der Waals surface area (Å²) in [5.41, 5.74) is 12.7. The number of carbonyl (C=O) groups is 1. The van der Waals surface area contributed by atoms with E-state index in [1.165, 1.54) is 0 Å². The molecule has 0 aliphatic carbocycles. The van der Waals surface area contributed by atoms with Gasteiger partial charge >= 0.3 is 0 Å². The van der Waals surface area contributed by atoms with Gasteiger partial charge in [0.05, 0.1) is 24.1 Å².